The normalized spacial score (nSPS) is 9.65. The van der Waals surface area contributed by atoms with Crippen LogP contribution in [0.3, 0.4) is 0 Å². The van der Waals surface area contributed by atoms with Crippen LogP contribution >= 0.6 is 0 Å². The average Bonchev–Trinajstić information content (AvgIpc) is 2.31. The summed E-state index contributed by atoms with van der Waals surface area (Å²) < 4.78 is 5.55. The van der Waals surface area contributed by atoms with Crippen molar-refractivity contribution in [3.63, 3.8) is 0 Å². The third kappa shape index (κ3) is 2.52. The number of anilines is 1. The Labute approximate surface area is 99.3 Å². The molecule has 84 valence electrons. The Morgan fingerprint density at radius 2 is 2.18 bits per heavy atom. The summed E-state index contributed by atoms with van der Waals surface area (Å²) in [5, 5.41) is 8.95. The smallest absolute Gasteiger partial charge is 0.237 e. The highest BCUT2D eigenvalue weighted by Crippen LogP contribution is 2.24. The van der Waals surface area contributed by atoms with E-state index >= 15 is 0 Å². The first-order chi connectivity index (χ1) is 8.19. The van der Waals surface area contributed by atoms with Crippen molar-refractivity contribution in [1.82, 2.24) is 4.98 Å². The molecule has 0 saturated carbocycles. The lowest BCUT2D eigenvalue weighted by Crippen LogP contribution is -1.94. The molecular formula is C13H11N3O. The maximum absolute atomic E-state index is 8.95. The van der Waals surface area contributed by atoms with Crippen molar-refractivity contribution < 1.29 is 4.74 Å². The molecule has 2 aromatic rings. The summed E-state index contributed by atoms with van der Waals surface area (Å²) in [5.74, 6) is 0.922. The zero-order chi connectivity index (χ0) is 12.3. The van der Waals surface area contributed by atoms with E-state index in [2.05, 4.69) is 4.98 Å². The van der Waals surface area contributed by atoms with Crippen LogP contribution in [-0.4, -0.2) is 4.98 Å². The highest BCUT2D eigenvalue weighted by Gasteiger charge is 2.06. The lowest BCUT2D eigenvalue weighted by molar-refractivity contribution is 0.461. The zero-order valence-corrected chi connectivity index (χ0v) is 9.34. The van der Waals surface area contributed by atoms with Crippen molar-refractivity contribution >= 4 is 5.69 Å². The number of benzene rings is 1. The average molecular weight is 225 g/mol. The highest BCUT2D eigenvalue weighted by molar-refractivity contribution is 5.49. The molecule has 0 saturated heterocycles. The van der Waals surface area contributed by atoms with Crippen LogP contribution in [0.15, 0.2) is 36.5 Å². The minimum Gasteiger partial charge on any atom is -0.438 e. The highest BCUT2D eigenvalue weighted by atomic mass is 16.5. The number of hydrogen-bond acceptors (Lipinski definition) is 4. The Morgan fingerprint density at radius 3 is 2.88 bits per heavy atom. The largest absolute Gasteiger partial charge is 0.438 e. The molecule has 1 heterocycles. The molecule has 0 aliphatic heterocycles. The molecule has 0 amide bonds. The molecule has 0 fully saturated rings. The molecule has 4 nitrogen and oxygen atoms in total. The van der Waals surface area contributed by atoms with E-state index < -0.39 is 0 Å². The van der Waals surface area contributed by atoms with Gasteiger partial charge >= 0.3 is 0 Å². The van der Waals surface area contributed by atoms with Crippen molar-refractivity contribution in [3.8, 4) is 17.7 Å². The van der Waals surface area contributed by atoms with Gasteiger partial charge in [-0.15, -0.1) is 0 Å². The van der Waals surface area contributed by atoms with E-state index in [1.54, 1.807) is 0 Å². The van der Waals surface area contributed by atoms with Gasteiger partial charge in [-0.1, -0.05) is 12.1 Å². The van der Waals surface area contributed by atoms with Gasteiger partial charge in [0, 0.05) is 0 Å². The summed E-state index contributed by atoms with van der Waals surface area (Å²) in [6, 6.07) is 11.1. The van der Waals surface area contributed by atoms with Crippen molar-refractivity contribution in [2.45, 2.75) is 6.92 Å². The molecule has 0 radical (unpaired) electrons. The van der Waals surface area contributed by atoms with E-state index in [-0.39, 0.29) is 5.88 Å². The van der Waals surface area contributed by atoms with Gasteiger partial charge in [0.1, 0.15) is 17.4 Å². The molecule has 1 aromatic heterocycles. The van der Waals surface area contributed by atoms with Crippen molar-refractivity contribution in [1.29, 1.82) is 5.26 Å². The van der Waals surface area contributed by atoms with Gasteiger partial charge in [-0.3, -0.25) is 0 Å². The predicted octanol–water partition coefficient (Wildman–Crippen LogP) is 2.64. The molecule has 0 bridgehead atoms. The molecule has 0 aliphatic carbocycles. The lowest BCUT2D eigenvalue weighted by atomic mass is 10.2. The summed E-state index contributed by atoms with van der Waals surface area (Å²) in [6.07, 6.45) is 1.46. The predicted molar refractivity (Wildman–Crippen MR) is 64.6 cm³/mol. The summed E-state index contributed by atoms with van der Waals surface area (Å²) in [6.45, 7) is 1.97. The van der Waals surface area contributed by atoms with Gasteiger partial charge in [0.2, 0.25) is 5.88 Å². The van der Waals surface area contributed by atoms with Gasteiger partial charge in [0.15, 0.2) is 0 Å². The van der Waals surface area contributed by atoms with Gasteiger partial charge < -0.3 is 10.5 Å². The monoisotopic (exact) mass is 225 g/mol. The molecule has 0 spiro atoms. The molecule has 4 heteroatoms. The van der Waals surface area contributed by atoms with E-state index in [1.807, 2.05) is 37.3 Å². The number of aryl methyl sites for hydroxylation is 1. The first-order valence-electron chi connectivity index (χ1n) is 5.09. The van der Waals surface area contributed by atoms with Crippen molar-refractivity contribution in [2.75, 3.05) is 5.73 Å². The van der Waals surface area contributed by atoms with E-state index in [4.69, 9.17) is 15.7 Å². The fourth-order valence-electron chi connectivity index (χ4n) is 1.42. The van der Waals surface area contributed by atoms with Crippen LogP contribution in [0.4, 0.5) is 5.69 Å². The summed E-state index contributed by atoms with van der Waals surface area (Å²) in [7, 11) is 0. The van der Waals surface area contributed by atoms with Crippen molar-refractivity contribution in [3.05, 3.63) is 47.7 Å². The van der Waals surface area contributed by atoms with Crippen LogP contribution in [0.1, 0.15) is 11.1 Å². The Morgan fingerprint density at radius 1 is 1.35 bits per heavy atom. The second-order valence-electron chi connectivity index (χ2n) is 3.65. The number of nitrogens with two attached hydrogens (primary N) is 1. The zero-order valence-electron chi connectivity index (χ0n) is 9.34. The van der Waals surface area contributed by atoms with E-state index in [1.165, 1.54) is 12.3 Å². The van der Waals surface area contributed by atoms with Gasteiger partial charge in [-0.25, -0.2) is 4.98 Å². The molecule has 2 rings (SSSR count). The van der Waals surface area contributed by atoms with Crippen LogP contribution < -0.4 is 10.5 Å². The summed E-state index contributed by atoms with van der Waals surface area (Å²) in [4.78, 5) is 4.00. The number of pyridine rings is 1. The van der Waals surface area contributed by atoms with Crippen LogP contribution in [-0.2, 0) is 0 Å². The van der Waals surface area contributed by atoms with E-state index in [0.717, 1.165) is 5.56 Å². The van der Waals surface area contributed by atoms with Crippen molar-refractivity contribution in [2.24, 2.45) is 0 Å². The van der Waals surface area contributed by atoms with Gasteiger partial charge in [-0.05, 0) is 30.7 Å². The maximum atomic E-state index is 8.95. The van der Waals surface area contributed by atoms with E-state index in [9.17, 15) is 0 Å². The van der Waals surface area contributed by atoms with Crippen LogP contribution in [0, 0.1) is 18.3 Å². The molecule has 2 N–H and O–H groups in total. The summed E-state index contributed by atoms with van der Waals surface area (Å²) >= 11 is 0. The Bertz CT molecular complexity index is 587. The van der Waals surface area contributed by atoms with Gasteiger partial charge in [0.05, 0.1) is 11.9 Å². The number of aromatic nitrogens is 1. The molecule has 1 aromatic carbocycles. The maximum Gasteiger partial charge on any atom is 0.237 e. The number of nitrogens with zero attached hydrogens (tertiary/aromatic N) is 2. The van der Waals surface area contributed by atoms with Crippen LogP contribution in [0.25, 0.3) is 0 Å². The standard InChI is InChI=1S/C13H11N3O/c1-9-3-2-4-12(5-9)17-13-10(7-14)6-11(15)8-16-13/h2-6,8H,15H2,1H3. The minimum atomic E-state index is 0.271. The number of nitrogen functional groups attached to an aromatic ring is 1. The third-order valence-corrected chi connectivity index (χ3v) is 2.20. The van der Waals surface area contributed by atoms with Crippen LogP contribution in [0.2, 0.25) is 0 Å². The molecule has 17 heavy (non-hydrogen) atoms. The molecule has 0 atom stereocenters. The SMILES string of the molecule is Cc1cccc(Oc2ncc(N)cc2C#N)c1. The number of ether oxygens (including phenoxy) is 1. The fraction of sp³-hybridized carbons (Fsp3) is 0.0769. The molecular weight excluding hydrogens is 214 g/mol. The first kappa shape index (κ1) is 11.0. The summed E-state index contributed by atoms with van der Waals surface area (Å²) in [5.41, 5.74) is 7.40. The molecule has 0 unspecified atom stereocenters. The second kappa shape index (κ2) is 4.54. The fourth-order valence-corrected chi connectivity index (χ4v) is 1.42. The van der Waals surface area contributed by atoms with Crippen LogP contribution in [0.5, 0.6) is 11.6 Å². The quantitative estimate of drug-likeness (QED) is 0.852. The lowest BCUT2D eigenvalue weighted by Gasteiger charge is -2.07. The number of nitriles is 1. The van der Waals surface area contributed by atoms with Gasteiger partial charge in [0.25, 0.3) is 0 Å². The topological polar surface area (TPSA) is 71.9 Å². The second-order valence-corrected chi connectivity index (χ2v) is 3.65. The minimum absolute atomic E-state index is 0.271. The Kier molecular flexibility index (Phi) is 2.93. The molecule has 0 aliphatic rings. The van der Waals surface area contributed by atoms with E-state index in [0.29, 0.717) is 17.0 Å². The number of hydrogen-bond donors (Lipinski definition) is 1. The third-order valence-electron chi connectivity index (χ3n) is 2.20. The Hall–Kier alpha value is -2.54. The Balaban J connectivity index is 2.34. The van der Waals surface area contributed by atoms with Gasteiger partial charge in [-0.2, -0.15) is 5.26 Å². The first-order valence-corrected chi connectivity index (χ1v) is 5.09. The number of rotatable bonds is 2.